The van der Waals surface area contributed by atoms with Gasteiger partial charge in [0.1, 0.15) is 5.69 Å². The number of nitrogens with zero attached hydrogens (tertiary/aromatic N) is 4. The largest absolute Gasteiger partial charge is 0.358 e. The Bertz CT molecular complexity index is 611. The zero-order valence-electron chi connectivity index (χ0n) is 14.4. The standard InChI is InChI=1S/C15H24N6O2.ClH/c1-10(2)5-14(22)20(4)8-11-9-21(19-18-11)12-6-13(17-7-12)15(23)16-3;/h5,9,12-13,17H,6-8H2,1-4H3,(H,16,23);1H/t12-,13-;/m0./s1. The molecule has 134 valence electrons. The van der Waals surface area contributed by atoms with Gasteiger partial charge in [0, 0.05) is 26.7 Å². The first-order valence-electron chi connectivity index (χ1n) is 7.66. The third kappa shape index (κ3) is 5.04. The highest BCUT2D eigenvalue weighted by molar-refractivity contribution is 5.87. The minimum absolute atomic E-state index is 0. The number of carbonyl (C=O) groups excluding carboxylic acids is 2. The van der Waals surface area contributed by atoms with Crippen LogP contribution in [0.2, 0.25) is 0 Å². The number of nitrogens with one attached hydrogen (secondary N) is 2. The van der Waals surface area contributed by atoms with Crippen LogP contribution in [0, 0.1) is 0 Å². The van der Waals surface area contributed by atoms with Crippen molar-refractivity contribution in [2.24, 2.45) is 0 Å². The number of hydrogen-bond acceptors (Lipinski definition) is 5. The van der Waals surface area contributed by atoms with E-state index in [1.54, 1.807) is 29.8 Å². The zero-order valence-corrected chi connectivity index (χ0v) is 15.3. The third-order valence-corrected chi connectivity index (χ3v) is 3.79. The number of allylic oxidation sites excluding steroid dienone is 1. The molecule has 2 heterocycles. The SMILES string of the molecule is CNC(=O)[C@@H]1C[C@H](n2cc(CN(C)C(=O)C=C(C)C)nn2)CN1.Cl. The van der Waals surface area contributed by atoms with E-state index in [4.69, 9.17) is 0 Å². The predicted molar refractivity (Wildman–Crippen MR) is 92.7 cm³/mol. The lowest BCUT2D eigenvalue weighted by Gasteiger charge is -2.13. The lowest BCUT2D eigenvalue weighted by atomic mass is 10.1. The molecule has 0 bridgehead atoms. The second-order valence-electron chi connectivity index (χ2n) is 6.07. The summed E-state index contributed by atoms with van der Waals surface area (Å²) in [7, 11) is 3.36. The van der Waals surface area contributed by atoms with Gasteiger partial charge in [0.15, 0.2) is 0 Å². The van der Waals surface area contributed by atoms with Gasteiger partial charge in [-0.15, -0.1) is 17.5 Å². The summed E-state index contributed by atoms with van der Waals surface area (Å²) in [6, 6.07) is -0.100. The number of likely N-dealkylation sites (N-methyl/N-ethyl adjacent to an activating group) is 2. The maximum atomic E-state index is 11.9. The molecular weight excluding hydrogens is 332 g/mol. The summed E-state index contributed by atoms with van der Waals surface area (Å²) in [5, 5.41) is 14.1. The van der Waals surface area contributed by atoms with E-state index in [0.717, 1.165) is 11.3 Å². The molecule has 1 saturated heterocycles. The first-order chi connectivity index (χ1) is 10.9. The molecule has 1 aliphatic heterocycles. The van der Waals surface area contributed by atoms with Gasteiger partial charge in [-0.3, -0.25) is 9.59 Å². The van der Waals surface area contributed by atoms with Crippen molar-refractivity contribution in [2.75, 3.05) is 20.6 Å². The highest BCUT2D eigenvalue weighted by Crippen LogP contribution is 2.19. The Balaban J connectivity index is 0.00000288. The van der Waals surface area contributed by atoms with Crippen molar-refractivity contribution >= 4 is 24.2 Å². The zero-order chi connectivity index (χ0) is 17.0. The van der Waals surface area contributed by atoms with Crippen LogP contribution in [0.1, 0.15) is 32.0 Å². The Morgan fingerprint density at radius 2 is 2.21 bits per heavy atom. The van der Waals surface area contributed by atoms with Gasteiger partial charge in [-0.25, -0.2) is 4.68 Å². The molecule has 2 rings (SSSR count). The first-order valence-corrected chi connectivity index (χ1v) is 7.66. The molecule has 0 unspecified atom stereocenters. The second kappa shape index (κ2) is 8.79. The normalized spacial score (nSPS) is 19.3. The fourth-order valence-corrected chi connectivity index (χ4v) is 2.53. The number of carbonyl (C=O) groups is 2. The Morgan fingerprint density at radius 3 is 2.83 bits per heavy atom. The van der Waals surface area contributed by atoms with E-state index < -0.39 is 0 Å². The summed E-state index contributed by atoms with van der Waals surface area (Å²) in [4.78, 5) is 25.1. The predicted octanol–water partition coefficient (Wildman–Crippen LogP) is 0.273. The first kappa shape index (κ1) is 20.1. The molecule has 0 aromatic carbocycles. The average Bonchev–Trinajstić information content (AvgIpc) is 3.14. The Morgan fingerprint density at radius 1 is 1.50 bits per heavy atom. The lowest BCUT2D eigenvalue weighted by Crippen LogP contribution is -2.38. The Labute approximate surface area is 148 Å². The van der Waals surface area contributed by atoms with Gasteiger partial charge in [0.25, 0.3) is 0 Å². The topological polar surface area (TPSA) is 92.2 Å². The lowest BCUT2D eigenvalue weighted by molar-refractivity contribution is -0.125. The Kier molecular flexibility index (Phi) is 7.37. The van der Waals surface area contributed by atoms with Crippen molar-refractivity contribution in [2.45, 2.75) is 38.9 Å². The fourth-order valence-electron chi connectivity index (χ4n) is 2.53. The number of aromatic nitrogens is 3. The van der Waals surface area contributed by atoms with Crippen molar-refractivity contribution < 1.29 is 9.59 Å². The average molecular weight is 357 g/mol. The summed E-state index contributed by atoms with van der Waals surface area (Å²) < 4.78 is 1.77. The van der Waals surface area contributed by atoms with Gasteiger partial charge in [0.2, 0.25) is 11.8 Å². The van der Waals surface area contributed by atoms with E-state index in [9.17, 15) is 9.59 Å². The molecule has 0 spiro atoms. The van der Waals surface area contributed by atoms with Crippen molar-refractivity contribution in [3.63, 3.8) is 0 Å². The molecule has 2 atom stereocenters. The number of rotatable bonds is 5. The van der Waals surface area contributed by atoms with Crippen LogP contribution in [0.25, 0.3) is 0 Å². The molecule has 8 nitrogen and oxygen atoms in total. The number of amides is 2. The molecule has 0 aliphatic carbocycles. The summed E-state index contributed by atoms with van der Waals surface area (Å²) in [5.41, 5.74) is 1.69. The van der Waals surface area contributed by atoms with Crippen LogP contribution in [0.3, 0.4) is 0 Å². The summed E-state index contributed by atoms with van der Waals surface area (Å²) in [6.07, 6.45) is 4.11. The van der Waals surface area contributed by atoms with E-state index in [1.165, 1.54) is 0 Å². The minimum Gasteiger partial charge on any atom is -0.358 e. The third-order valence-electron chi connectivity index (χ3n) is 3.79. The maximum absolute atomic E-state index is 11.9. The van der Waals surface area contributed by atoms with Crippen molar-refractivity contribution in [3.8, 4) is 0 Å². The number of halogens is 1. The molecule has 0 radical (unpaired) electrons. The summed E-state index contributed by atoms with van der Waals surface area (Å²) >= 11 is 0. The van der Waals surface area contributed by atoms with Gasteiger partial charge in [0.05, 0.1) is 24.8 Å². The molecular formula is C15H25ClN6O2. The van der Waals surface area contributed by atoms with E-state index in [1.807, 2.05) is 20.0 Å². The van der Waals surface area contributed by atoms with Gasteiger partial charge < -0.3 is 15.5 Å². The Hall–Kier alpha value is -1.93. The monoisotopic (exact) mass is 356 g/mol. The van der Waals surface area contributed by atoms with Gasteiger partial charge in [-0.1, -0.05) is 10.8 Å². The summed E-state index contributed by atoms with van der Waals surface area (Å²) in [6.45, 7) is 4.85. The van der Waals surface area contributed by atoms with Crippen LogP contribution in [0.4, 0.5) is 0 Å². The van der Waals surface area contributed by atoms with Gasteiger partial charge in [-0.2, -0.15) is 0 Å². The molecule has 1 aromatic rings. The second-order valence-corrected chi connectivity index (χ2v) is 6.07. The van der Waals surface area contributed by atoms with Crippen LogP contribution < -0.4 is 10.6 Å². The molecule has 1 aliphatic rings. The molecule has 2 amide bonds. The molecule has 1 aromatic heterocycles. The van der Waals surface area contributed by atoms with Crippen LogP contribution in [0.5, 0.6) is 0 Å². The van der Waals surface area contributed by atoms with E-state index in [-0.39, 0.29) is 36.3 Å². The van der Waals surface area contributed by atoms with Crippen molar-refractivity contribution in [1.82, 2.24) is 30.5 Å². The molecule has 2 N–H and O–H groups in total. The van der Waals surface area contributed by atoms with E-state index >= 15 is 0 Å². The quantitative estimate of drug-likeness (QED) is 0.739. The van der Waals surface area contributed by atoms with Gasteiger partial charge in [-0.05, 0) is 20.3 Å². The van der Waals surface area contributed by atoms with Crippen molar-refractivity contribution in [1.29, 1.82) is 0 Å². The molecule has 0 saturated carbocycles. The molecule has 24 heavy (non-hydrogen) atoms. The highest BCUT2D eigenvalue weighted by Gasteiger charge is 2.30. The highest BCUT2D eigenvalue weighted by atomic mass is 35.5. The smallest absolute Gasteiger partial charge is 0.246 e. The molecule has 1 fully saturated rings. The van der Waals surface area contributed by atoms with Crippen LogP contribution in [0.15, 0.2) is 17.8 Å². The van der Waals surface area contributed by atoms with E-state index in [0.29, 0.717) is 19.5 Å². The minimum atomic E-state index is -0.195. The van der Waals surface area contributed by atoms with Crippen molar-refractivity contribution in [3.05, 3.63) is 23.5 Å². The van der Waals surface area contributed by atoms with Crippen LogP contribution in [-0.4, -0.2) is 58.4 Å². The fraction of sp³-hybridized carbons (Fsp3) is 0.600. The summed E-state index contributed by atoms with van der Waals surface area (Å²) in [5.74, 6) is -0.0679. The van der Waals surface area contributed by atoms with Gasteiger partial charge >= 0.3 is 0 Å². The van der Waals surface area contributed by atoms with Crippen LogP contribution >= 0.6 is 12.4 Å². The maximum Gasteiger partial charge on any atom is 0.246 e. The number of hydrogen-bond donors (Lipinski definition) is 2. The van der Waals surface area contributed by atoms with Crippen LogP contribution in [-0.2, 0) is 16.1 Å². The molecule has 9 heteroatoms. The van der Waals surface area contributed by atoms with E-state index in [2.05, 4.69) is 20.9 Å².